The van der Waals surface area contributed by atoms with Crippen LogP contribution in [0, 0.1) is 5.92 Å². The number of halogens is 3. The molecule has 0 bridgehead atoms. The molecule has 17 heavy (non-hydrogen) atoms. The van der Waals surface area contributed by atoms with Crippen molar-refractivity contribution in [2.45, 2.75) is 38.6 Å². The molecule has 1 N–H and O–H groups in total. The maximum atomic E-state index is 6.15. The molecular formula is C13H16Cl3N. The second kappa shape index (κ2) is 5.69. The molecule has 0 saturated heterocycles. The van der Waals surface area contributed by atoms with Crippen molar-refractivity contribution in [3.8, 4) is 0 Å². The summed E-state index contributed by atoms with van der Waals surface area (Å²) in [4.78, 5) is 0. The molecule has 0 aliphatic heterocycles. The Morgan fingerprint density at radius 3 is 2.35 bits per heavy atom. The minimum atomic E-state index is 0.483. The van der Waals surface area contributed by atoms with Gasteiger partial charge < -0.3 is 5.32 Å². The molecule has 94 valence electrons. The van der Waals surface area contributed by atoms with Crippen LogP contribution < -0.4 is 5.32 Å². The summed E-state index contributed by atoms with van der Waals surface area (Å²) in [5, 5.41) is 5.22. The van der Waals surface area contributed by atoms with Gasteiger partial charge >= 0.3 is 0 Å². The monoisotopic (exact) mass is 291 g/mol. The van der Waals surface area contributed by atoms with E-state index in [0.29, 0.717) is 21.1 Å². The quantitative estimate of drug-likeness (QED) is 0.760. The van der Waals surface area contributed by atoms with Gasteiger partial charge in [-0.15, -0.1) is 0 Å². The van der Waals surface area contributed by atoms with Crippen molar-refractivity contribution < 1.29 is 0 Å². The SMILES string of the molecule is CCC1CCC(Nc2c(Cl)cc(Cl)cc2Cl)C1. The minimum absolute atomic E-state index is 0.483. The highest BCUT2D eigenvalue weighted by Gasteiger charge is 2.24. The average molecular weight is 293 g/mol. The van der Waals surface area contributed by atoms with E-state index < -0.39 is 0 Å². The van der Waals surface area contributed by atoms with Gasteiger partial charge in [-0.25, -0.2) is 0 Å². The van der Waals surface area contributed by atoms with Crippen molar-refractivity contribution in [1.82, 2.24) is 0 Å². The summed E-state index contributed by atoms with van der Waals surface area (Å²) >= 11 is 18.2. The van der Waals surface area contributed by atoms with Crippen LogP contribution in [0.3, 0.4) is 0 Å². The number of rotatable bonds is 3. The Kier molecular flexibility index (Phi) is 4.46. The molecule has 1 aliphatic carbocycles. The van der Waals surface area contributed by atoms with Crippen molar-refractivity contribution in [3.05, 3.63) is 27.2 Å². The van der Waals surface area contributed by atoms with Gasteiger partial charge in [0.1, 0.15) is 0 Å². The lowest BCUT2D eigenvalue weighted by Crippen LogP contribution is -2.16. The summed E-state index contributed by atoms with van der Waals surface area (Å²) in [6.45, 7) is 2.25. The number of nitrogens with one attached hydrogen (secondary N) is 1. The first-order chi connectivity index (χ1) is 8.10. The zero-order chi connectivity index (χ0) is 12.4. The third-order valence-electron chi connectivity index (χ3n) is 3.47. The van der Waals surface area contributed by atoms with E-state index in [1.54, 1.807) is 12.1 Å². The first kappa shape index (κ1) is 13.3. The number of hydrogen-bond acceptors (Lipinski definition) is 1. The summed E-state index contributed by atoms with van der Waals surface area (Å²) in [6.07, 6.45) is 4.93. The third-order valence-corrected chi connectivity index (χ3v) is 4.29. The molecule has 2 atom stereocenters. The fourth-order valence-corrected chi connectivity index (χ4v) is 3.39. The average Bonchev–Trinajstić information content (AvgIpc) is 2.71. The van der Waals surface area contributed by atoms with E-state index in [1.807, 2.05) is 0 Å². The summed E-state index contributed by atoms with van der Waals surface area (Å²) < 4.78 is 0. The molecule has 0 radical (unpaired) electrons. The van der Waals surface area contributed by atoms with Crippen LogP contribution in [0.5, 0.6) is 0 Å². The van der Waals surface area contributed by atoms with Gasteiger partial charge in [-0.2, -0.15) is 0 Å². The van der Waals surface area contributed by atoms with E-state index >= 15 is 0 Å². The van der Waals surface area contributed by atoms with Crippen LogP contribution in [0.25, 0.3) is 0 Å². The molecular weight excluding hydrogens is 277 g/mol. The lowest BCUT2D eigenvalue weighted by molar-refractivity contribution is 0.525. The molecule has 0 aromatic heterocycles. The maximum Gasteiger partial charge on any atom is 0.0722 e. The van der Waals surface area contributed by atoms with Gasteiger partial charge in [0.15, 0.2) is 0 Å². The molecule has 1 nitrogen and oxygen atoms in total. The number of anilines is 1. The van der Waals surface area contributed by atoms with Crippen molar-refractivity contribution in [3.63, 3.8) is 0 Å². The lowest BCUT2D eigenvalue weighted by atomic mass is 10.1. The first-order valence-electron chi connectivity index (χ1n) is 6.01. The van der Waals surface area contributed by atoms with Crippen LogP contribution in [0.1, 0.15) is 32.6 Å². The molecule has 1 aromatic carbocycles. The van der Waals surface area contributed by atoms with Crippen molar-refractivity contribution >= 4 is 40.5 Å². The van der Waals surface area contributed by atoms with E-state index in [0.717, 1.165) is 11.6 Å². The highest BCUT2D eigenvalue weighted by atomic mass is 35.5. The standard InChI is InChI=1S/C13H16Cl3N/c1-2-8-3-4-10(5-8)17-13-11(15)6-9(14)7-12(13)16/h6-8,10,17H,2-5H2,1H3. The maximum absolute atomic E-state index is 6.15. The molecule has 2 unspecified atom stereocenters. The molecule has 0 amide bonds. The van der Waals surface area contributed by atoms with Crippen molar-refractivity contribution in [1.29, 1.82) is 0 Å². The number of benzene rings is 1. The van der Waals surface area contributed by atoms with Gasteiger partial charge in [-0.1, -0.05) is 48.1 Å². The van der Waals surface area contributed by atoms with Crippen LogP contribution in [0.2, 0.25) is 15.1 Å². The van der Waals surface area contributed by atoms with Crippen LogP contribution in [0.15, 0.2) is 12.1 Å². The predicted octanol–water partition coefficient (Wildman–Crippen LogP) is 5.64. The Labute approximate surface area is 117 Å². The van der Waals surface area contributed by atoms with Gasteiger partial charge in [0.05, 0.1) is 15.7 Å². The van der Waals surface area contributed by atoms with E-state index in [4.69, 9.17) is 34.8 Å². The third kappa shape index (κ3) is 3.21. The van der Waals surface area contributed by atoms with Crippen molar-refractivity contribution in [2.75, 3.05) is 5.32 Å². The van der Waals surface area contributed by atoms with Gasteiger partial charge in [0.2, 0.25) is 0 Å². The van der Waals surface area contributed by atoms with E-state index in [2.05, 4.69) is 12.2 Å². The molecule has 1 fully saturated rings. The van der Waals surface area contributed by atoms with Crippen molar-refractivity contribution in [2.24, 2.45) is 5.92 Å². The fourth-order valence-electron chi connectivity index (χ4n) is 2.46. The molecule has 4 heteroatoms. The van der Waals surface area contributed by atoms with Gasteiger partial charge in [-0.05, 0) is 37.3 Å². The molecule has 0 spiro atoms. The van der Waals surface area contributed by atoms with E-state index in [-0.39, 0.29) is 0 Å². The van der Waals surface area contributed by atoms with Crippen LogP contribution in [-0.2, 0) is 0 Å². The van der Waals surface area contributed by atoms with Gasteiger partial charge in [0, 0.05) is 11.1 Å². The first-order valence-corrected chi connectivity index (χ1v) is 7.14. The minimum Gasteiger partial charge on any atom is -0.380 e. The van der Waals surface area contributed by atoms with Crippen LogP contribution >= 0.6 is 34.8 Å². The van der Waals surface area contributed by atoms with Gasteiger partial charge in [0.25, 0.3) is 0 Å². The summed E-state index contributed by atoms with van der Waals surface area (Å²) in [6, 6.07) is 3.93. The number of hydrogen-bond donors (Lipinski definition) is 1. The Morgan fingerprint density at radius 1 is 1.18 bits per heavy atom. The second-order valence-corrected chi connectivity index (χ2v) is 5.92. The van der Waals surface area contributed by atoms with Crippen LogP contribution in [-0.4, -0.2) is 6.04 Å². The summed E-state index contributed by atoms with van der Waals surface area (Å²) in [5.74, 6) is 0.831. The Hall–Kier alpha value is -0.110. The highest BCUT2D eigenvalue weighted by molar-refractivity contribution is 6.41. The Morgan fingerprint density at radius 2 is 1.82 bits per heavy atom. The lowest BCUT2D eigenvalue weighted by Gasteiger charge is -2.17. The Balaban J connectivity index is 2.09. The van der Waals surface area contributed by atoms with Crippen LogP contribution in [0.4, 0.5) is 5.69 Å². The molecule has 1 saturated carbocycles. The van der Waals surface area contributed by atoms with Gasteiger partial charge in [-0.3, -0.25) is 0 Å². The molecule has 2 rings (SSSR count). The largest absolute Gasteiger partial charge is 0.380 e. The molecule has 0 heterocycles. The molecule has 1 aromatic rings. The highest BCUT2D eigenvalue weighted by Crippen LogP contribution is 2.37. The fraction of sp³-hybridized carbons (Fsp3) is 0.538. The van der Waals surface area contributed by atoms with E-state index in [9.17, 15) is 0 Å². The van der Waals surface area contributed by atoms with E-state index in [1.165, 1.54) is 25.7 Å². The molecule has 1 aliphatic rings. The summed E-state index contributed by atoms with van der Waals surface area (Å²) in [7, 11) is 0. The predicted molar refractivity (Wildman–Crippen MR) is 76.5 cm³/mol. The normalized spacial score (nSPS) is 24.0. The zero-order valence-electron chi connectivity index (χ0n) is 9.77. The topological polar surface area (TPSA) is 12.0 Å². The summed E-state index contributed by atoms with van der Waals surface area (Å²) in [5.41, 5.74) is 0.819. The Bertz CT molecular complexity index is 383. The second-order valence-electron chi connectivity index (χ2n) is 4.67. The smallest absolute Gasteiger partial charge is 0.0722 e. The zero-order valence-corrected chi connectivity index (χ0v) is 12.0.